The van der Waals surface area contributed by atoms with E-state index >= 15 is 0 Å². The molecule has 1 aromatic heterocycles. The zero-order chi connectivity index (χ0) is 11.6. The van der Waals surface area contributed by atoms with Crippen molar-refractivity contribution in [3.05, 3.63) is 28.3 Å². The molecule has 0 aromatic carbocycles. The van der Waals surface area contributed by atoms with Crippen LogP contribution in [0.4, 0.5) is 13.2 Å². The first-order chi connectivity index (χ1) is 6.93. The van der Waals surface area contributed by atoms with Crippen molar-refractivity contribution in [1.29, 1.82) is 0 Å². The number of carboxylic acids is 1. The van der Waals surface area contributed by atoms with Crippen molar-refractivity contribution in [3.8, 4) is 0 Å². The second-order valence-corrected chi connectivity index (χ2v) is 3.06. The van der Waals surface area contributed by atoms with Crippen LogP contribution in [-0.4, -0.2) is 16.1 Å². The smallest absolute Gasteiger partial charge is 0.307 e. The molecule has 0 saturated carbocycles. The van der Waals surface area contributed by atoms with E-state index in [2.05, 4.69) is 4.98 Å². The van der Waals surface area contributed by atoms with E-state index in [1.54, 1.807) is 0 Å². The van der Waals surface area contributed by atoms with Gasteiger partial charge in [0.05, 0.1) is 11.4 Å². The van der Waals surface area contributed by atoms with Crippen LogP contribution in [0.3, 0.4) is 0 Å². The average molecular weight is 240 g/mol. The monoisotopic (exact) mass is 239 g/mol. The van der Waals surface area contributed by atoms with Crippen molar-refractivity contribution < 1.29 is 23.1 Å². The first-order valence-electron chi connectivity index (χ1n) is 3.76. The zero-order valence-electron chi connectivity index (χ0n) is 7.18. The molecule has 0 amide bonds. The van der Waals surface area contributed by atoms with E-state index in [0.29, 0.717) is 0 Å². The molecule has 0 bridgehead atoms. The number of alkyl halides is 2. The van der Waals surface area contributed by atoms with Crippen LogP contribution in [0.25, 0.3) is 0 Å². The SMILES string of the molecule is O=C(O)Cc1c(Cl)cnc(C(F)F)c1F. The average Bonchev–Trinajstić information content (AvgIpc) is 2.11. The molecule has 0 aliphatic rings. The van der Waals surface area contributed by atoms with E-state index in [1.165, 1.54) is 0 Å². The predicted molar refractivity (Wildman–Crippen MR) is 45.5 cm³/mol. The number of aromatic nitrogens is 1. The van der Waals surface area contributed by atoms with E-state index in [-0.39, 0.29) is 5.02 Å². The van der Waals surface area contributed by atoms with E-state index in [0.717, 1.165) is 6.20 Å². The van der Waals surface area contributed by atoms with Gasteiger partial charge in [0.25, 0.3) is 6.43 Å². The highest BCUT2D eigenvalue weighted by atomic mass is 35.5. The van der Waals surface area contributed by atoms with Crippen molar-refractivity contribution in [2.45, 2.75) is 12.8 Å². The third-order valence-corrected chi connectivity index (χ3v) is 1.96. The Balaban J connectivity index is 3.23. The van der Waals surface area contributed by atoms with Gasteiger partial charge in [-0.15, -0.1) is 0 Å². The molecule has 1 heterocycles. The second-order valence-electron chi connectivity index (χ2n) is 2.66. The number of halogens is 4. The van der Waals surface area contributed by atoms with Gasteiger partial charge in [-0.05, 0) is 0 Å². The summed E-state index contributed by atoms with van der Waals surface area (Å²) in [5.74, 6) is -2.72. The lowest BCUT2D eigenvalue weighted by atomic mass is 10.1. The number of pyridine rings is 1. The highest BCUT2D eigenvalue weighted by molar-refractivity contribution is 6.31. The quantitative estimate of drug-likeness (QED) is 0.881. The predicted octanol–water partition coefficient (Wildman–Crippen LogP) is 2.44. The van der Waals surface area contributed by atoms with Gasteiger partial charge >= 0.3 is 5.97 Å². The summed E-state index contributed by atoms with van der Waals surface area (Å²) in [4.78, 5) is 13.4. The van der Waals surface area contributed by atoms with Crippen molar-refractivity contribution >= 4 is 17.6 Å². The fourth-order valence-corrected chi connectivity index (χ4v) is 1.18. The Labute approximate surface area is 87.5 Å². The molecule has 3 nitrogen and oxygen atoms in total. The van der Waals surface area contributed by atoms with Crippen LogP contribution in [0, 0.1) is 5.82 Å². The molecule has 0 unspecified atom stereocenters. The number of carboxylic acid groups (broad SMARTS) is 1. The lowest BCUT2D eigenvalue weighted by molar-refractivity contribution is -0.136. The Hall–Kier alpha value is -1.30. The minimum absolute atomic E-state index is 0.278. The van der Waals surface area contributed by atoms with Crippen LogP contribution in [-0.2, 0) is 11.2 Å². The third-order valence-electron chi connectivity index (χ3n) is 1.63. The molecule has 82 valence electrons. The van der Waals surface area contributed by atoms with Gasteiger partial charge in [0, 0.05) is 11.8 Å². The van der Waals surface area contributed by atoms with Crippen LogP contribution >= 0.6 is 11.6 Å². The van der Waals surface area contributed by atoms with Gasteiger partial charge in [-0.25, -0.2) is 13.2 Å². The van der Waals surface area contributed by atoms with Gasteiger partial charge < -0.3 is 5.11 Å². The molecule has 7 heteroatoms. The summed E-state index contributed by atoms with van der Waals surface area (Å²) >= 11 is 5.44. The highest BCUT2D eigenvalue weighted by Crippen LogP contribution is 2.26. The molecular weight excluding hydrogens is 235 g/mol. The van der Waals surface area contributed by atoms with Crippen molar-refractivity contribution in [1.82, 2.24) is 4.98 Å². The molecule has 1 N–H and O–H groups in total. The van der Waals surface area contributed by atoms with Crippen LogP contribution in [0.15, 0.2) is 6.20 Å². The largest absolute Gasteiger partial charge is 0.481 e. The molecule has 0 aliphatic carbocycles. The Morgan fingerprint density at radius 3 is 2.67 bits per heavy atom. The molecule has 1 aromatic rings. The summed E-state index contributed by atoms with van der Waals surface area (Å²) < 4.78 is 37.6. The summed E-state index contributed by atoms with van der Waals surface area (Å²) in [6.45, 7) is 0. The fourth-order valence-electron chi connectivity index (χ4n) is 0.986. The molecule has 15 heavy (non-hydrogen) atoms. The summed E-state index contributed by atoms with van der Waals surface area (Å²) in [6, 6.07) is 0. The number of rotatable bonds is 3. The Kier molecular flexibility index (Phi) is 3.52. The second kappa shape index (κ2) is 4.48. The van der Waals surface area contributed by atoms with E-state index < -0.39 is 35.9 Å². The van der Waals surface area contributed by atoms with Crippen LogP contribution in [0.2, 0.25) is 5.02 Å². The van der Waals surface area contributed by atoms with E-state index in [1.807, 2.05) is 0 Å². The standard InChI is InChI=1S/C8H5ClF3NO2/c9-4-2-13-7(8(11)12)6(10)3(4)1-5(14)15/h2,8H,1H2,(H,14,15). The first kappa shape index (κ1) is 11.8. The van der Waals surface area contributed by atoms with Gasteiger partial charge in [-0.1, -0.05) is 11.6 Å². The summed E-state index contributed by atoms with van der Waals surface area (Å²) in [6.07, 6.45) is -3.05. The van der Waals surface area contributed by atoms with Crippen molar-refractivity contribution in [3.63, 3.8) is 0 Å². The summed E-state index contributed by atoms with van der Waals surface area (Å²) in [5.41, 5.74) is -1.56. The summed E-state index contributed by atoms with van der Waals surface area (Å²) in [5, 5.41) is 8.13. The molecule has 0 aliphatic heterocycles. The van der Waals surface area contributed by atoms with Crippen molar-refractivity contribution in [2.75, 3.05) is 0 Å². The van der Waals surface area contributed by atoms with Crippen LogP contribution < -0.4 is 0 Å². The molecule has 1 rings (SSSR count). The third kappa shape index (κ3) is 2.59. The summed E-state index contributed by atoms with van der Waals surface area (Å²) in [7, 11) is 0. The van der Waals surface area contributed by atoms with Gasteiger partial charge in [-0.3, -0.25) is 9.78 Å². The number of nitrogens with zero attached hydrogens (tertiary/aromatic N) is 1. The Morgan fingerprint density at radius 1 is 1.60 bits per heavy atom. The molecule has 0 atom stereocenters. The van der Waals surface area contributed by atoms with E-state index in [9.17, 15) is 18.0 Å². The minimum Gasteiger partial charge on any atom is -0.481 e. The fraction of sp³-hybridized carbons (Fsp3) is 0.250. The lowest BCUT2D eigenvalue weighted by Crippen LogP contribution is -2.07. The van der Waals surface area contributed by atoms with Gasteiger partial charge in [0.1, 0.15) is 5.69 Å². The first-order valence-corrected chi connectivity index (χ1v) is 4.14. The number of hydrogen-bond donors (Lipinski definition) is 1. The van der Waals surface area contributed by atoms with E-state index in [4.69, 9.17) is 16.7 Å². The van der Waals surface area contributed by atoms with Crippen LogP contribution in [0.1, 0.15) is 17.7 Å². The Bertz CT molecular complexity index is 398. The zero-order valence-corrected chi connectivity index (χ0v) is 7.93. The van der Waals surface area contributed by atoms with Gasteiger partial charge in [-0.2, -0.15) is 0 Å². The maximum absolute atomic E-state index is 13.3. The highest BCUT2D eigenvalue weighted by Gasteiger charge is 2.21. The molecule has 0 radical (unpaired) electrons. The van der Waals surface area contributed by atoms with Crippen molar-refractivity contribution in [2.24, 2.45) is 0 Å². The molecular formula is C8H5ClF3NO2. The number of hydrogen-bond acceptors (Lipinski definition) is 2. The molecule has 0 spiro atoms. The maximum Gasteiger partial charge on any atom is 0.307 e. The maximum atomic E-state index is 13.3. The number of carbonyl (C=O) groups is 1. The normalized spacial score (nSPS) is 10.7. The number of aliphatic carboxylic acids is 1. The van der Waals surface area contributed by atoms with Crippen LogP contribution in [0.5, 0.6) is 0 Å². The minimum atomic E-state index is -3.10. The lowest BCUT2D eigenvalue weighted by Gasteiger charge is -2.06. The molecule has 0 fully saturated rings. The molecule has 0 saturated heterocycles. The Morgan fingerprint density at radius 2 is 2.20 bits per heavy atom. The topological polar surface area (TPSA) is 50.2 Å². The van der Waals surface area contributed by atoms with Gasteiger partial charge in [0.15, 0.2) is 5.82 Å². The van der Waals surface area contributed by atoms with Gasteiger partial charge in [0.2, 0.25) is 0 Å².